The van der Waals surface area contributed by atoms with E-state index in [1.165, 1.54) is 37.7 Å². The highest BCUT2D eigenvalue weighted by Gasteiger charge is 2.15. The van der Waals surface area contributed by atoms with Crippen molar-refractivity contribution < 1.29 is 0 Å². The first-order valence-corrected chi connectivity index (χ1v) is 12.8. The van der Waals surface area contributed by atoms with Crippen LogP contribution in [0, 0.1) is 0 Å². The Morgan fingerprint density at radius 1 is 0.688 bits per heavy atom. The lowest BCUT2D eigenvalue weighted by Crippen LogP contribution is -2.21. The van der Waals surface area contributed by atoms with Crippen LogP contribution < -0.4 is 0 Å². The minimum absolute atomic E-state index is 0.176. The molecule has 0 aromatic carbocycles. The molecule has 0 aromatic heterocycles. The van der Waals surface area contributed by atoms with Gasteiger partial charge in [0.05, 0.1) is 0 Å². The van der Waals surface area contributed by atoms with E-state index in [4.69, 9.17) is 0 Å². The first-order valence-electron chi connectivity index (χ1n) is 6.30. The van der Waals surface area contributed by atoms with Crippen LogP contribution in [-0.4, -0.2) is 69.1 Å². The zero-order chi connectivity index (χ0) is 12.6. The van der Waals surface area contributed by atoms with Gasteiger partial charge in [-0.05, 0) is 72.5 Å². The molecule has 0 saturated heterocycles. The second-order valence-electron chi connectivity index (χ2n) is 4.70. The topological polar surface area (TPSA) is 3.24 Å². The number of rotatable bonds is 9. The molecule has 0 aliphatic heterocycles. The van der Waals surface area contributed by atoms with Gasteiger partial charge in [0, 0.05) is 0 Å². The molecule has 0 aromatic rings. The number of hydrogen-bond acceptors (Lipinski definition) is 1. The summed E-state index contributed by atoms with van der Waals surface area (Å²) in [6, 6.07) is 0. The lowest BCUT2D eigenvalue weighted by molar-refractivity contribution is 0.506. The van der Waals surface area contributed by atoms with Crippen LogP contribution >= 0.6 is 23.9 Å². The molecule has 98 valence electrons. The smallest absolute Gasteiger partial charge is 0.000766 e. The van der Waals surface area contributed by atoms with Crippen LogP contribution in [-0.2, 0) is 0 Å². The van der Waals surface area contributed by atoms with E-state index in [-0.39, 0.29) is 8.07 Å². The van der Waals surface area contributed by atoms with E-state index in [0.29, 0.717) is 15.8 Å². The van der Waals surface area contributed by atoms with Crippen LogP contribution in [0.15, 0.2) is 0 Å². The number of nitrogens with zero attached hydrogens (tertiary/aromatic N) is 1. The minimum atomic E-state index is 0.176. The summed E-state index contributed by atoms with van der Waals surface area (Å²) in [6.45, 7) is 16.8. The lowest BCUT2D eigenvalue weighted by Gasteiger charge is -2.31. The van der Waals surface area contributed by atoms with E-state index in [1.54, 1.807) is 0 Å². The summed E-state index contributed by atoms with van der Waals surface area (Å²) in [7, 11) is 0.778. The van der Waals surface area contributed by atoms with Crippen molar-refractivity contribution in [2.45, 2.75) is 13.8 Å². The third kappa shape index (κ3) is 8.36. The molecule has 0 unspecified atom stereocenters. The van der Waals surface area contributed by atoms with Gasteiger partial charge in [-0.25, -0.2) is 0 Å². The van der Waals surface area contributed by atoms with Crippen LogP contribution in [0.1, 0.15) is 13.8 Å². The number of hydrogen-bond donors (Lipinski definition) is 0. The average molecular weight is 281 g/mol. The fourth-order valence-electron chi connectivity index (χ4n) is 1.65. The van der Waals surface area contributed by atoms with Gasteiger partial charge < -0.3 is 0 Å². The van der Waals surface area contributed by atoms with Crippen molar-refractivity contribution in [3.8, 4) is 0 Å². The fourth-order valence-corrected chi connectivity index (χ4v) is 8.29. The molecule has 1 nitrogen and oxygen atoms in total. The molecule has 0 aliphatic carbocycles. The quantitative estimate of drug-likeness (QED) is 0.572. The Morgan fingerprint density at radius 2 is 1.06 bits per heavy atom. The maximum atomic E-state index is 2.73. The fraction of sp³-hybridized carbons (Fsp3) is 1.00. The highest BCUT2D eigenvalue weighted by molar-refractivity contribution is 7.61. The van der Waals surface area contributed by atoms with Gasteiger partial charge in [-0.15, -0.1) is 15.8 Å². The van der Waals surface area contributed by atoms with Crippen LogP contribution in [0.3, 0.4) is 0 Å². The van der Waals surface area contributed by atoms with Crippen molar-refractivity contribution in [1.29, 1.82) is 0 Å². The Bertz CT molecular complexity index is 146. The van der Waals surface area contributed by atoms with Gasteiger partial charge >= 0.3 is 0 Å². The second-order valence-corrected chi connectivity index (χ2v) is 12.4. The zero-order valence-corrected chi connectivity index (χ0v) is 14.7. The van der Waals surface area contributed by atoms with E-state index >= 15 is 0 Å². The van der Waals surface area contributed by atoms with Gasteiger partial charge in [0.2, 0.25) is 0 Å². The average Bonchev–Trinajstić information content (AvgIpc) is 2.22. The molecule has 0 rings (SSSR count). The van der Waals surface area contributed by atoms with Crippen molar-refractivity contribution in [1.82, 2.24) is 4.67 Å². The van der Waals surface area contributed by atoms with Crippen LogP contribution in [0.4, 0.5) is 0 Å². The second kappa shape index (κ2) is 10.2. The van der Waals surface area contributed by atoms with Crippen LogP contribution in [0.2, 0.25) is 0 Å². The molecule has 0 spiro atoms. The van der Waals surface area contributed by atoms with E-state index in [1.807, 2.05) is 0 Å². The molecular weight excluding hydrogens is 251 g/mol. The third-order valence-corrected chi connectivity index (χ3v) is 8.53. The van der Waals surface area contributed by atoms with Crippen molar-refractivity contribution >= 4 is 23.9 Å². The third-order valence-electron chi connectivity index (χ3n) is 2.74. The van der Waals surface area contributed by atoms with Gasteiger partial charge in [-0.1, -0.05) is 13.8 Å². The van der Waals surface area contributed by atoms with E-state index in [2.05, 4.69) is 45.2 Å². The first kappa shape index (κ1) is 17.2. The molecule has 0 saturated carbocycles. The molecule has 0 N–H and O–H groups in total. The van der Waals surface area contributed by atoms with E-state index in [9.17, 15) is 0 Å². The van der Waals surface area contributed by atoms with Gasteiger partial charge in [0.15, 0.2) is 0 Å². The summed E-state index contributed by atoms with van der Waals surface area (Å²) < 4.78 is 2.73. The standard InChI is InChI=1S/C12H30NP3/c1-7-13(8-2)16(11-9-14(3)4)12-10-15(5)6/h7-12H2,1-6H3. The summed E-state index contributed by atoms with van der Waals surface area (Å²) >= 11 is 0. The van der Waals surface area contributed by atoms with E-state index in [0.717, 1.165) is 0 Å². The summed E-state index contributed by atoms with van der Waals surface area (Å²) in [6.07, 6.45) is 5.92. The summed E-state index contributed by atoms with van der Waals surface area (Å²) in [5.74, 6) is 0. The molecule has 0 heterocycles. The highest BCUT2D eigenvalue weighted by Crippen LogP contribution is 2.44. The van der Waals surface area contributed by atoms with Crippen LogP contribution in [0.25, 0.3) is 0 Å². The molecule has 0 atom stereocenters. The Kier molecular flexibility index (Phi) is 11.0. The van der Waals surface area contributed by atoms with Crippen molar-refractivity contribution in [2.75, 3.05) is 64.4 Å². The minimum Gasteiger partial charge on any atom is -0.282 e. The normalized spacial score (nSPS) is 12.4. The Morgan fingerprint density at radius 3 is 1.31 bits per heavy atom. The largest absolute Gasteiger partial charge is 0.282 e. The summed E-state index contributed by atoms with van der Waals surface area (Å²) in [5.41, 5.74) is 0. The maximum absolute atomic E-state index is 2.73. The van der Waals surface area contributed by atoms with Gasteiger partial charge in [0.25, 0.3) is 0 Å². The van der Waals surface area contributed by atoms with Gasteiger partial charge in [0.1, 0.15) is 0 Å². The molecule has 0 bridgehead atoms. The monoisotopic (exact) mass is 281 g/mol. The Hall–Kier alpha value is 1.25. The Labute approximate surface area is 107 Å². The van der Waals surface area contributed by atoms with Crippen molar-refractivity contribution in [3.05, 3.63) is 0 Å². The molecule has 4 heteroatoms. The first-order chi connectivity index (χ1) is 7.51. The van der Waals surface area contributed by atoms with Gasteiger partial charge in [-0.3, -0.25) is 4.67 Å². The van der Waals surface area contributed by atoms with Crippen molar-refractivity contribution in [2.24, 2.45) is 0 Å². The Balaban J connectivity index is 4.13. The predicted molar refractivity (Wildman–Crippen MR) is 86.8 cm³/mol. The van der Waals surface area contributed by atoms with E-state index < -0.39 is 0 Å². The van der Waals surface area contributed by atoms with Crippen molar-refractivity contribution in [3.63, 3.8) is 0 Å². The maximum Gasteiger partial charge on any atom is -0.000766 e. The predicted octanol–water partition coefficient (Wildman–Crippen LogP) is 4.21. The van der Waals surface area contributed by atoms with Gasteiger partial charge in [-0.2, -0.15) is 0 Å². The highest BCUT2D eigenvalue weighted by atomic mass is 31.1. The molecule has 16 heavy (non-hydrogen) atoms. The summed E-state index contributed by atoms with van der Waals surface area (Å²) in [4.78, 5) is 0. The molecule has 0 radical (unpaired) electrons. The molecule has 0 fully saturated rings. The molecular formula is C12H30NP3. The lowest BCUT2D eigenvalue weighted by atomic mass is 10.7. The molecule has 0 amide bonds. The molecule has 0 aliphatic rings. The zero-order valence-electron chi connectivity index (χ0n) is 12.0. The van der Waals surface area contributed by atoms with Crippen LogP contribution in [0.5, 0.6) is 0 Å². The summed E-state index contributed by atoms with van der Waals surface area (Å²) in [5, 5.41) is 0. The SMILES string of the molecule is CCN(CC)P(CCP(C)C)CCP(C)C.